The van der Waals surface area contributed by atoms with E-state index in [1.165, 1.54) is 0 Å². The molecule has 0 atom stereocenters. The topological polar surface area (TPSA) is 59.0 Å². The fraction of sp³-hybridized carbons (Fsp3) is 0.562. The van der Waals surface area contributed by atoms with Crippen molar-refractivity contribution in [3.63, 3.8) is 0 Å². The summed E-state index contributed by atoms with van der Waals surface area (Å²) in [6.07, 6.45) is 2.16. The number of hydrogen-bond donors (Lipinski definition) is 1. The molecule has 0 unspecified atom stereocenters. The van der Waals surface area contributed by atoms with Gasteiger partial charge in [0.15, 0.2) is 18.1 Å². The summed E-state index contributed by atoms with van der Waals surface area (Å²) < 4.78 is 10.8. The highest BCUT2D eigenvalue weighted by Gasteiger charge is 2.53. The number of aliphatic hydroxyl groups is 1. The Balaban J connectivity index is 1.52. The molecule has 1 saturated carbocycles. The molecule has 1 aromatic carbocycles. The van der Waals surface area contributed by atoms with E-state index in [0.717, 1.165) is 18.4 Å². The average Bonchev–Trinajstić information content (AvgIpc) is 3.26. The van der Waals surface area contributed by atoms with E-state index in [2.05, 4.69) is 0 Å². The van der Waals surface area contributed by atoms with Crippen molar-refractivity contribution >= 4 is 5.91 Å². The maximum Gasteiger partial charge on any atom is 0.260 e. The molecule has 1 aliphatic heterocycles. The van der Waals surface area contributed by atoms with Gasteiger partial charge in [0, 0.05) is 0 Å². The molecule has 1 heterocycles. The molecule has 114 valence electrons. The van der Waals surface area contributed by atoms with E-state index >= 15 is 0 Å². The van der Waals surface area contributed by atoms with Crippen LogP contribution in [0.3, 0.4) is 0 Å². The van der Waals surface area contributed by atoms with E-state index in [-0.39, 0.29) is 12.5 Å². The minimum absolute atomic E-state index is 0.0276. The van der Waals surface area contributed by atoms with Crippen molar-refractivity contribution in [2.24, 2.45) is 5.92 Å². The number of methoxy groups -OCH3 is 1. The molecule has 5 heteroatoms. The fourth-order valence-electron chi connectivity index (χ4n) is 2.79. The number of aryl methyl sites for hydroxylation is 1. The van der Waals surface area contributed by atoms with Gasteiger partial charge in [-0.05, 0) is 43.4 Å². The van der Waals surface area contributed by atoms with Crippen LogP contribution in [-0.4, -0.2) is 48.3 Å². The smallest absolute Gasteiger partial charge is 0.260 e. The molecule has 5 nitrogen and oxygen atoms in total. The van der Waals surface area contributed by atoms with Crippen LogP contribution in [0, 0.1) is 12.8 Å². The van der Waals surface area contributed by atoms with E-state index in [0.29, 0.717) is 30.5 Å². The second-order valence-corrected chi connectivity index (χ2v) is 6.07. The fourth-order valence-corrected chi connectivity index (χ4v) is 2.79. The molecule has 1 aromatic rings. The van der Waals surface area contributed by atoms with Crippen LogP contribution in [0.15, 0.2) is 18.2 Å². The minimum atomic E-state index is -0.642. The van der Waals surface area contributed by atoms with Crippen LogP contribution >= 0.6 is 0 Å². The van der Waals surface area contributed by atoms with Gasteiger partial charge in [0.25, 0.3) is 5.91 Å². The van der Waals surface area contributed by atoms with Gasteiger partial charge in [-0.3, -0.25) is 4.79 Å². The summed E-state index contributed by atoms with van der Waals surface area (Å²) >= 11 is 0. The Morgan fingerprint density at radius 1 is 1.38 bits per heavy atom. The lowest BCUT2D eigenvalue weighted by molar-refractivity contribution is -0.161. The molecule has 1 aliphatic carbocycles. The predicted octanol–water partition coefficient (Wildman–Crippen LogP) is 1.37. The van der Waals surface area contributed by atoms with Crippen LogP contribution in [-0.2, 0) is 4.79 Å². The summed E-state index contributed by atoms with van der Waals surface area (Å²) in [7, 11) is 1.58. The molecule has 0 spiro atoms. The number of hydrogen-bond acceptors (Lipinski definition) is 4. The van der Waals surface area contributed by atoms with Crippen molar-refractivity contribution in [1.82, 2.24) is 4.90 Å². The maximum absolute atomic E-state index is 12.0. The number of carbonyl (C=O) groups excluding carboxylic acids is 1. The number of carbonyl (C=O) groups is 1. The van der Waals surface area contributed by atoms with E-state index < -0.39 is 5.60 Å². The van der Waals surface area contributed by atoms with Gasteiger partial charge in [-0.1, -0.05) is 6.07 Å². The number of likely N-dealkylation sites (tertiary alicyclic amines) is 1. The molecule has 2 fully saturated rings. The van der Waals surface area contributed by atoms with Crippen molar-refractivity contribution in [2.75, 3.05) is 26.8 Å². The van der Waals surface area contributed by atoms with Gasteiger partial charge in [0.2, 0.25) is 0 Å². The van der Waals surface area contributed by atoms with Gasteiger partial charge < -0.3 is 19.5 Å². The third kappa shape index (κ3) is 2.83. The zero-order chi connectivity index (χ0) is 15.0. The zero-order valence-electron chi connectivity index (χ0n) is 12.5. The third-order valence-corrected chi connectivity index (χ3v) is 4.29. The van der Waals surface area contributed by atoms with Gasteiger partial charge >= 0.3 is 0 Å². The van der Waals surface area contributed by atoms with Gasteiger partial charge in [-0.25, -0.2) is 0 Å². The van der Waals surface area contributed by atoms with E-state index in [1.807, 2.05) is 19.1 Å². The summed E-state index contributed by atoms with van der Waals surface area (Å²) in [6, 6.07) is 5.59. The largest absolute Gasteiger partial charge is 0.493 e. The van der Waals surface area contributed by atoms with Gasteiger partial charge in [0.1, 0.15) is 5.60 Å². The first-order valence-electron chi connectivity index (χ1n) is 7.29. The maximum atomic E-state index is 12.0. The van der Waals surface area contributed by atoms with E-state index in [1.54, 1.807) is 18.1 Å². The van der Waals surface area contributed by atoms with E-state index in [4.69, 9.17) is 9.47 Å². The summed E-state index contributed by atoms with van der Waals surface area (Å²) in [5.41, 5.74) is 0.430. The molecular formula is C16H21NO4. The molecule has 1 saturated heterocycles. The lowest BCUT2D eigenvalue weighted by Gasteiger charge is -2.46. The Hall–Kier alpha value is -1.75. The highest BCUT2D eigenvalue weighted by molar-refractivity contribution is 5.79. The van der Waals surface area contributed by atoms with Crippen LogP contribution in [0.2, 0.25) is 0 Å². The number of benzene rings is 1. The van der Waals surface area contributed by atoms with Crippen LogP contribution < -0.4 is 9.47 Å². The number of nitrogens with zero attached hydrogens (tertiary/aromatic N) is 1. The Labute approximate surface area is 124 Å². The minimum Gasteiger partial charge on any atom is -0.493 e. The Kier molecular flexibility index (Phi) is 3.53. The van der Waals surface area contributed by atoms with Crippen LogP contribution in [0.1, 0.15) is 18.4 Å². The summed E-state index contributed by atoms with van der Waals surface area (Å²) in [5.74, 6) is 1.48. The summed E-state index contributed by atoms with van der Waals surface area (Å²) in [6.45, 7) is 2.81. The standard InChI is InChI=1S/C16H21NO4/c1-11-3-6-13(14(7-11)20-2)21-8-15(18)17-9-16(19,10-17)12-4-5-12/h3,6-7,12,19H,4-5,8-10H2,1-2H3. The monoisotopic (exact) mass is 291 g/mol. The lowest BCUT2D eigenvalue weighted by Crippen LogP contribution is -2.65. The van der Waals surface area contributed by atoms with Crippen LogP contribution in [0.25, 0.3) is 0 Å². The molecule has 0 aromatic heterocycles. The number of rotatable bonds is 5. The molecule has 1 amide bonds. The second kappa shape index (κ2) is 5.22. The molecule has 2 aliphatic rings. The number of ether oxygens (including phenoxy) is 2. The lowest BCUT2D eigenvalue weighted by atomic mass is 9.89. The Morgan fingerprint density at radius 2 is 2.10 bits per heavy atom. The van der Waals surface area contributed by atoms with Crippen LogP contribution in [0.4, 0.5) is 0 Å². The molecule has 21 heavy (non-hydrogen) atoms. The number of amides is 1. The van der Waals surface area contributed by atoms with Crippen molar-refractivity contribution in [2.45, 2.75) is 25.4 Å². The average molecular weight is 291 g/mol. The molecule has 1 N–H and O–H groups in total. The van der Waals surface area contributed by atoms with Gasteiger partial charge in [-0.2, -0.15) is 0 Å². The quantitative estimate of drug-likeness (QED) is 0.890. The summed E-state index contributed by atoms with van der Waals surface area (Å²) in [4.78, 5) is 13.7. The highest BCUT2D eigenvalue weighted by Crippen LogP contribution is 2.44. The molecule has 3 rings (SSSR count). The number of β-amino-alcohol motifs (C(OH)–C–C–N with tert-alkyl or cyclic N) is 1. The summed E-state index contributed by atoms with van der Waals surface area (Å²) in [5, 5.41) is 10.2. The highest BCUT2D eigenvalue weighted by atomic mass is 16.5. The van der Waals surface area contributed by atoms with Crippen LogP contribution in [0.5, 0.6) is 11.5 Å². The van der Waals surface area contributed by atoms with Gasteiger partial charge in [-0.15, -0.1) is 0 Å². The molecule has 0 bridgehead atoms. The first-order valence-corrected chi connectivity index (χ1v) is 7.29. The van der Waals surface area contributed by atoms with Gasteiger partial charge in [0.05, 0.1) is 20.2 Å². The third-order valence-electron chi connectivity index (χ3n) is 4.29. The predicted molar refractivity (Wildman–Crippen MR) is 77.5 cm³/mol. The Morgan fingerprint density at radius 3 is 2.71 bits per heavy atom. The first kappa shape index (κ1) is 14.2. The first-order chi connectivity index (χ1) is 10.0. The molecule has 0 radical (unpaired) electrons. The van der Waals surface area contributed by atoms with Crippen molar-refractivity contribution < 1.29 is 19.4 Å². The van der Waals surface area contributed by atoms with E-state index in [9.17, 15) is 9.90 Å². The Bertz CT molecular complexity index is 547. The normalized spacial score (nSPS) is 19.9. The van der Waals surface area contributed by atoms with Crippen molar-refractivity contribution in [3.8, 4) is 11.5 Å². The SMILES string of the molecule is COc1cc(C)ccc1OCC(=O)N1CC(O)(C2CC2)C1. The van der Waals surface area contributed by atoms with Crippen molar-refractivity contribution in [3.05, 3.63) is 23.8 Å². The zero-order valence-corrected chi connectivity index (χ0v) is 12.5. The molecular weight excluding hydrogens is 270 g/mol. The van der Waals surface area contributed by atoms with Crippen molar-refractivity contribution in [1.29, 1.82) is 0 Å². The second-order valence-electron chi connectivity index (χ2n) is 6.07.